The van der Waals surface area contributed by atoms with Gasteiger partial charge in [-0.15, -0.1) is 0 Å². The first-order valence-electron chi connectivity index (χ1n) is 8.38. The summed E-state index contributed by atoms with van der Waals surface area (Å²) >= 11 is 0. The Bertz CT molecular complexity index is 649. The van der Waals surface area contributed by atoms with Crippen molar-refractivity contribution in [1.29, 1.82) is 0 Å². The summed E-state index contributed by atoms with van der Waals surface area (Å²) in [4.78, 5) is 11.9. The number of hydrogen-bond acceptors (Lipinski definition) is 4. The summed E-state index contributed by atoms with van der Waals surface area (Å²) in [5.74, 6) is 1.50. The molecule has 134 valence electrons. The highest BCUT2D eigenvalue weighted by molar-refractivity contribution is 5.92. The largest absolute Gasteiger partial charge is 0.490 e. The van der Waals surface area contributed by atoms with Crippen LogP contribution in [0.25, 0.3) is 0 Å². The Balaban J connectivity index is 1.69. The van der Waals surface area contributed by atoms with Crippen molar-refractivity contribution in [1.82, 2.24) is 5.32 Å². The van der Waals surface area contributed by atoms with Crippen LogP contribution in [0.1, 0.15) is 20.8 Å². The standard InChI is InChI=1S/C20H26N2O3/c1-20(2,3)21-15-19(23)22-16-9-11-18(12-10-16)25-14-13-24-17-7-5-4-6-8-17/h4-12,21H,13-15H2,1-3H3,(H,22,23). The second-order valence-electron chi connectivity index (χ2n) is 6.69. The zero-order valence-corrected chi connectivity index (χ0v) is 15.0. The maximum Gasteiger partial charge on any atom is 0.238 e. The molecule has 0 aliphatic rings. The fourth-order valence-corrected chi connectivity index (χ4v) is 2.02. The third kappa shape index (κ3) is 7.72. The van der Waals surface area contributed by atoms with E-state index in [-0.39, 0.29) is 18.0 Å². The second-order valence-corrected chi connectivity index (χ2v) is 6.69. The molecule has 0 atom stereocenters. The number of amides is 1. The van der Waals surface area contributed by atoms with E-state index in [2.05, 4.69) is 10.6 Å². The van der Waals surface area contributed by atoms with Gasteiger partial charge in [0.25, 0.3) is 0 Å². The normalized spacial score (nSPS) is 11.0. The molecule has 0 saturated heterocycles. The summed E-state index contributed by atoms with van der Waals surface area (Å²) in [6, 6.07) is 16.9. The molecule has 1 amide bonds. The number of anilines is 1. The van der Waals surface area contributed by atoms with Crippen molar-refractivity contribution in [3.63, 3.8) is 0 Å². The van der Waals surface area contributed by atoms with Crippen LogP contribution in [0, 0.1) is 0 Å². The lowest BCUT2D eigenvalue weighted by Crippen LogP contribution is -2.41. The Hall–Kier alpha value is -2.53. The lowest BCUT2D eigenvalue weighted by atomic mass is 10.1. The van der Waals surface area contributed by atoms with E-state index in [9.17, 15) is 4.79 Å². The van der Waals surface area contributed by atoms with Gasteiger partial charge in [-0.05, 0) is 57.2 Å². The zero-order chi connectivity index (χ0) is 18.1. The van der Waals surface area contributed by atoms with Crippen LogP contribution in [0.4, 0.5) is 5.69 Å². The van der Waals surface area contributed by atoms with Crippen LogP contribution in [-0.4, -0.2) is 31.2 Å². The van der Waals surface area contributed by atoms with Crippen molar-refractivity contribution in [2.75, 3.05) is 25.1 Å². The van der Waals surface area contributed by atoms with Gasteiger partial charge >= 0.3 is 0 Å². The van der Waals surface area contributed by atoms with E-state index < -0.39 is 0 Å². The number of hydrogen-bond donors (Lipinski definition) is 2. The highest BCUT2D eigenvalue weighted by atomic mass is 16.5. The van der Waals surface area contributed by atoms with Crippen molar-refractivity contribution in [3.05, 3.63) is 54.6 Å². The van der Waals surface area contributed by atoms with Gasteiger partial charge in [0, 0.05) is 11.2 Å². The van der Waals surface area contributed by atoms with Gasteiger partial charge in [0.2, 0.25) is 5.91 Å². The van der Waals surface area contributed by atoms with E-state index in [0.29, 0.717) is 13.2 Å². The molecule has 2 rings (SSSR count). The van der Waals surface area contributed by atoms with Gasteiger partial charge in [-0.3, -0.25) is 4.79 Å². The van der Waals surface area contributed by atoms with Crippen LogP contribution in [0.15, 0.2) is 54.6 Å². The molecular formula is C20H26N2O3. The molecule has 2 N–H and O–H groups in total. The van der Waals surface area contributed by atoms with Crippen molar-refractivity contribution in [3.8, 4) is 11.5 Å². The van der Waals surface area contributed by atoms with Gasteiger partial charge in [0.1, 0.15) is 24.7 Å². The molecule has 0 spiro atoms. The highest BCUT2D eigenvalue weighted by Gasteiger charge is 2.11. The Morgan fingerprint density at radius 2 is 1.44 bits per heavy atom. The number of para-hydroxylation sites is 1. The van der Waals surface area contributed by atoms with Gasteiger partial charge in [0.15, 0.2) is 0 Å². The summed E-state index contributed by atoms with van der Waals surface area (Å²) in [5.41, 5.74) is 0.658. The number of benzene rings is 2. The first-order chi connectivity index (χ1) is 11.9. The molecule has 0 bridgehead atoms. The number of carbonyl (C=O) groups excluding carboxylic acids is 1. The molecule has 0 aliphatic heterocycles. The fraction of sp³-hybridized carbons (Fsp3) is 0.350. The average molecular weight is 342 g/mol. The number of nitrogens with one attached hydrogen (secondary N) is 2. The highest BCUT2D eigenvalue weighted by Crippen LogP contribution is 2.16. The molecule has 0 unspecified atom stereocenters. The quantitative estimate of drug-likeness (QED) is 0.721. The summed E-state index contributed by atoms with van der Waals surface area (Å²) in [5, 5.41) is 6.00. The number of ether oxygens (including phenoxy) is 2. The van der Waals surface area contributed by atoms with Crippen molar-refractivity contribution >= 4 is 11.6 Å². The van der Waals surface area contributed by atoms with Gasteiger partial charge in [-0.1, -0.05) is 18.2 Å². The maximum absolute atomic E-state index is 11.9. The minimum atomic E-state index is -0.0865. The van der Waals surface area contributed by atoms with Crippen LogP contribution in [0.2, 0.25) is 0 Å². The summed E-state index contributed by atoms with van der Waals surface area (Å²) in [7, 11) is 0. The van der Waals surface area contributed by atoms with Crippen molar-refractivity contribution < 1.29 is 14.3 Å². The smallest absolute Gasteiger partial charge is 0.238 e. The predicted octanol–water partition coefficient (Wildman–Crippen LogP) is 3.47. The molecule has 2 aromatic carbocycles. The van der Waals surface area contributed by atoms with Crippen molar-refractivity contribution in [2.45, 2.75) is 26.3 Å². The Morgan fingerprint density at radius 1 is 0.880 bits per heavy atom. The third-order valence-corrected chi connectivity index (χ3v) is 3.28. The van der Waals surface area contributed by atoms with Gasteiger partial charge in [-0.25, -0.2) is 0 Å². The van der Waals surface area contributed by atoms with E-state index in [4.69, 9.17) is 9.47 Å². The minimum Gasteiger partial charge on any atom is -0.490 e. The topological polar surface area (TPSA) is 59.6 Å². The van der Waals surface area contributed by atoms with Crippen LogP contribution < -0.4 is 20.1 Å². The molecule has 0 fully saturated rings. The van der Waals surface area contributed by atoms with E-state index in [1.807, 2.05) is 75.4 Å². The fourth-order valence-electron chi connectivity index (χ4n) is 2.02. The van der Waals surface area contributed by atoms with Crippen LogP contribution in [0.5, 0.6) is 11.5 Å². The third-order valence-electron chi connectivity index (χ3n) is 3.28. The average Bonchev–Trinajstić information content (AvgIpc) is 2.59. The van der Waals surface area contributed by atoms with E-state index in [1.165, 1.54) is 0 Å². The van der Waals surface area contributed by atoms with E-state index in [1.54, 1.807) is 0 Å². The SMILES string of the molecule is CC(C)(C)NCC(=O)Nc1ccc(OCCOc2ccccc2)cc1. The first-order valence-corrected chi connectivity index (χ1v) is 8.38. The Labute approximate surface area is 149 Å². The molecule has 0 saturated carbocycles. The minimum absolute atomic E-state index is 0.0696. The molecule has 5 heteroatoms. The zero-order valence-electron chi connectivity index (χ0n) is 15.0. The van der Waals surface area contributed by atoms with E-state index in [0.717, 1.165) is 17.2 Å². The molecule has 0 heterocycles. The van der Waals surface area contributed by atoms with Crippen LogP contribution >= 0.6 is 0 Å². The monoisotopic (exact) mass is 342 g/mol. The Morgan fingerprint density at radius 3 is 2.00 bits per heavy atom. The molecule has 5 nitrogen and oxygen atoms in total. The summed E-state index contributed by atoms with van der Waals surface area (Å²) in [6.45, 7) is 7.27. The second kappa shape index (κ2) is 9.08. The van der Waals surface area contributed by atoms with Gasteiger partial charge < -0.3 is 20.1 Å². The number of rotatable bonds is 8. The Kier molecular flexibility index (Phi) is 6.83. The lowest BCUT2D eigenvalue weighted by molar-refractivity contribution is -0.115. The molecule has 2 aromatic rings. The molecular weight excluding hydrogens is 316 g/mol. The van der Waals surface area contributed by atoms with Crippen LogP contribution in [0.3, 0.4) is 0 Å². The van der Waals surface area contributed by atoms with Gasteiger partial charge in [-0.2, -0.15) is 0 Å². The van der Waals surface area contributed by atoms with Crippen LogP contribution in [-0.2, 0) is 4.79 Å². The molecule has 0 aliphatic carbocycles. The molecule has 0 radical (unpaired) electrons. The maximum atomic E-state index is 11.9. The molecule has 25 heavy (non-hydrogen) atoms. The van der Waals surface area contributed by atoms with Crippen molar-refractivity contribution in [2.24, 2.45) is 0 Å². The summed E-state index contributed by atoms with van der Waals surface area (Å²) in [6.07, 6.45) is 0. The lowest BCUT2D eigenvalue weighted by Gasteiger charge is -2.20. The van der Waals surface area contributed by atoms with Gasteiger partial charge in [0.05, 0.1) is 6.54 Å². The molecule has 0 aromatic heterocycles. The summed E-state index contributed by atoms with van der Waals surface area (Å²) < 4.78 is 11.2. The first kappa shape index (κ1) is 18.8. The predicted molar refractivity (Wildman–Crippen MR) is 100 cm³/mol. The number of carbonyl (C=O) groups is 1. The van der Waals surface area contributed by atoms with E-state index >= 15 is 0 Å².